The van der Waals surface area contributed by atoms with Crippen LogP contribution in [0.3, 0.4) is 0 Å². The number of ketones is 1. The Morgan fingerprint density at radius 3 is 2.65 bits per heavy atom. The molecule has 1 heterocycles. The SMILES string of the molecule is O=C(c1cccc(N2CCOC2=O)c1)[C@@H](CCCO)c1ccc(F)cc1. The summed E-state index contributed by atoms with van der Waals surface area (Å²) in [5, 5.41) is 9.15. The number of nitrogens with zero attached hydrogens (tertiary/aromatic N) is 1. The molecular weight excluding hydrogens is 337 g/mol. The summed E-state index contributed by atoms with van der Waals surface area (Å²) in [6.45, 7) is 0.749. The van der Waals surface area contributed by atoms with Crippen LogP contribution in [0.4, 0.5) is 14.9 Å². The summed E-state index contributed by atoms with van der Waals surface area (Å²) >= 11 is 0. The van der Waals surface area contributed by atoms with Crippen molar-refractivity contribution in [3.8, 4) is 0 Å². The van der Waals surface area contributed by atoms with Crippen molar-refractivity contribution in [3.63, 3.8) is 0 Å². The molecule has 1 atom stereocenters. The summed E-state index contributed by atoms with van der Waals surface area (Å²) in [6.07, 6.45) is 0.494. The first-order valence-corrected chi connectivity index (χ1v) is 8.55. The fraction of sp³-hybridized carbons (Fsp3) is 0.300. The van der Waals surface area contributed by atoms with Gasteiger partial charge >= 0.3 is 6.09 Å². The number of hydrogen-bond donors (Lipinski definition) is 1. The molecule has 0 unspecified atom stereocenters. The number of carbonyl (C=O) groups excluding carboxylic acids is 2. The third-order valence-corrected chi connectivity index (χ3v) is 4.44. The Balaban J connectivity index is 1.88. The molecule has 1 fully saturated rings. The van der Waals surface area contributed by atoms with Gasteiger partial charge in [-0.05, 0) is 42.7 Å². The van der Waals surface area contributed by atoms with Gasteiger partial charge < -0.3 is 9.84 Å². The highest BCUT2D eigenvalue weighted by molar-refractivity contribution is 6.02. The number of cyclic esters (lactones) is 1. The standard InChI is InChI=1S/C20H20FNO4/c21-16-8-6-14(7-9-16)18(5-2-11-23)19(24)15-3-1-4-17(13-15)22-10-12-26-20(22)25/h1,3-4,6-9,13,18,23H,2,5,10-12H2/t18-/m0/s1. The third-order valence-electron chi connectivity index (χ3n) is 4.44. The van der Waals surface area contributed by atoms with Crippen LogP contribution < -0.4 is 4.90 Å². The Hall–Kier alpha value is -2.73. The molecule has 26 heavy (non-hydrogen) atoms. The van der Waals surface area contributed by atoms with Crippen LogP contribution in [0, 0.1) is 5.82 Å². The van der Waals surface area contributed by atoms with Gasteiger partial charge in [-0.3, -0.25) is 9.69 Å². The summed E-state index contributed by atoms with van der Waals surface area (Å²) in [7, 11) is 0. The molecule has 0 radical (unpaired) electrons. The minimum absolute atomic E-state index is 0.0232. The number of amides is 1. The molecule has 0 bridgehead atoms. The lowest BCUT2D eigenvalue weighted by atomic mass is 9.87. The molecule has 1 amide bonds. The van der Waals surface area contributed by atoms with Crippen LogP contribution >= 0.6 is 0 Å². The first-order valence-electron chi connectivity index (χ1n) is 8.55. The first-order chi connectivity index (χ1) is 12.6. The second-order valence-electron chi connectivity index (χ2n) is 6.15. The van der Waals surface area contributed by atoms with Crippen molar-refractivity contribution in [2.24, 2.45) is 0 Å². The van der Waals surface area contributed by atoms with Gasteiger partial charge in [0.2, 0.25) is 0 Å². The van der Waals surface area contributed by atoms with Crippen molar-refractivity contribution < 1.29 is 23.8 Å². The van der Waals surface area contributed by atoms with Gasteiger partial charge in [0.25, 0.3) is 0 Å². The number of ether oxygens (including phenoxy) is 1. The van der Waals surface area contributed by atoms with E-state index in [9.17, 15) is 14.0 Å². The Labute approximate surface area is 151 Å². The molecule has 0 saturated carbocycles. The Morgan fingerprint density at radius 1 is 1.23 bits per heavy atom. The zero-order valence-electron chi connectivity index (χ0n) is 14.2. The van der Waals surface area contributed by atoms with E-state index in [1.165, 1.54) is 17.0 Å². The van der Waals surface area contributed by atoms with E-state index in [0.717, 1.165) is 0 Å². The van der Waals surface area contributed by atoms with Crippen LogP contribution in [-0.2, 0) is 4.74 Å². The van der Waals surface area contributed by atoms with Crippen molar-refractivity contribution in [3.05, 3.63) is 65.5 Å². The van der Waals surface area contributed by atoms with E-state index in [4.69, 9.17) is 9.84 Å². The Morgan fingerprint density at radius 2 is 2.00 bits per heavy atom. The van der Waals surface area contributed by atoms with Crippen molar-refractivity contribution in [1.29, 1.82) is 0 Å². The van der Waals surface area contributed by atoms with E-state index in [1.807, 2.05) is 0 Å². The van der Waals surface area contributed by atoms with Gasteiger partial charge in [-0.2, -0.15) is 0 Å². The summed E-state index contributed by atoms with van der Waals surface area (Å²) in [6, 6.07) is 12.7. The summed E-state index contributed by atoms with van der Waals surface area (Å²) in [4.78, 5) is 26.3. The van der Waals surface area contributed by atoms with E-state index in [2.05, 4.69) is 0 Å². The van der Waals surface area contributed by atoms with Crippen molar-refractivity contribution in [2.45, 2.75) is 18.8 Å². The minimum Gasteiger partial charge on any atom is -0.447 e. The van der Waals surface area contributed by atoms with Crippen LogP contribution in [0.2, 0.25) is 0 Å². The van der Waals surface area contributed by atoms with Gasteiger partial charge in [0.05, 0.1) is 6.54 Å². The Bertz CT molecular complexity index is 791. The maximum absolute atomic E-state index is 13.2. The van der Waals surface area contributed by atoms with Crippen LogP contribution in [0.15, 0.2) is 48.5 Å². The highest BCUT2D eigenvalue weighted by Crippen LogP contribution is 2.28. The summed E-state index contributed by atoms with van der Waals surface area (Å²) in [5.41, 5.74) is 1.78. The molecule has 1 saturated heterocycles. The average molecular weight is 357 g/mol. The molecule has 2 aromatic carbocycles. The largest absolute Gasteiger partial charge is 0.447 e. The van der Waals surface area contributed by atoms with Crippen LogP contribution in [0.25, 0.3) is 0 Å². The van der Waals surface area contributed by atoms with Crippen molar-refractivity contribution >= 4 is 17.6 Å². The number of benzene rings is 2. The smallest absolute Gasteiger partial charge is 0.414 e. The van der Waals surface area contributed by atoms with E-state index >= 15 is 0 Å². The molecule has 0 aliphatic carbocycles. The van der Waals surface area contributed by atoms with E-state index in [0.29, 0.717) is 42.8 Å². The Kier molecular flexibility index (Phi) is 5.63. The topological polar surface area (TPSA) is 66.8 Å². The van der Waals surface area contributed by atoms with Gasteiger partial charge in [0, 0.05) is 23.8 Å². The number of aliphatic hydroxyl groups is 1. The fourth-order valence-electron chi connectivity index (χ4n) is 3.10. The molecule has 6 heteroatoms. The van der Waals surface area contributed by atoms with Crippen LogP contribution in [-0.4, -0.2) is 36.7 Å². The van der Waals surface area contributed by atoms with Gasteiger partial charge in [-0.1, -0.05) is 24.3 Å². The molecular formula is C20H20FNO4. The number of halogens is 1. The molecule has 0 spiro atoms. The van der Waals surface area contributed by atoms with Crippen molar-refractivity contribution in [1.82, 2.24) is 0 Å². The lowest BCUT2D eigenvalue weighted by Crippen LogP contribution is -2.23. The normalized spacial score (nSPS) is 15.0. The maximum atomic E-state index is 13.2. The number of Topliss-reactive ketones (excluding diaryl/α,β-unsaturated/α-hetero) is 1. The quantitative estimate of drug-likeness (QED) is 0.770. The molecule has 136 valence electrons. The zero-order valence-corrected chi connectivity index (χ0v) is 14.2. The molecule has 0 aromatic heterocycles. The highest BCUT2D eigenvalue weighted by atomic mass is 19.1. The minimum atomic E-state index is -0.483. The predicted molar refractivity (Wildman–Crippen MR) is 94.9 cm³/mol. The monoisotopic (exact) mass is 357 g/mol. The number of anilines is 1. The van der Waals surface area contributed by atoms with Gasteiger partial charge in [0.1, 0.15) is 12.4 Å². The molecule has 1 aliphatic heterocycles. The maximum Gasteiger partial charge on any atom is 0.414 e. The number of hydrogen-bond acceptors (Lipinski definition) is 4. The molecule has 2 aromatic rings. The second kappa shape index (κ2) is 8.10. The lowest BCUT2D eigenvalue weighted by molar-refractivity contribution is 0.0951. The molecule has 1 N–H and O–H groups in total. The lowest BCUT2D eigenvalue weighted by Gasteiger charge is -2.18. The third kappa shape index (κ3) is 3.91. The van der Waals surface area contributed by atoms with E-state index in [-0.39, 0.29) is 18.2 Å². The van der Waals surface area contributed by atoms with Crippen molar-refractivity contribution in [2.75, 3.05) is 24.7 Å². The summed E-state index contributed by atoms with van der Waals surface area (Å²) in [5.74, 6) is -0.973. The van der Waals surface area contributed by atoms with Crippen LogP contribution in [0.1, 0.15) is 34.7 Å². The van der Waals surface area contributed by atoms with Gasteiger partial charge in [0.15, 0.2) is 5.78 Å². The number of rotatable bonds is 7. The zero-order chi connectivity index (χ0) is 18.5. The highest BCUT2D eigenvalue weighted by Gasteiger charge is 2.26. The number of carbonyl (C=O) groups is 2. The van der Waals surface area contributed by atoms with E-state index in [1.54, 1.807) is 36.4 Å². The molecule has 1 aliphatic rings. The predicted octanol–water partition coefficient (Wildman–Crippen LogP) is 3.52. The van der Waals surface area contributed by atoms with Gasteiger partial charge in [-0.15, -0.1) is 0 Å². The second-order valence-corrected chi connectivity index (χ2v) is 6.15. The number of aliphatic hydroxyl groups excluding tert-OH is 1. The first kappa shape index (κ1) is 18.1. The molecule has 3 rings (SSSR count). The summed E-state index contributed by atoms with van der Waals surface area (Å²) < 4.78 is 18.2. The molecule has 5 nitrogen and oxygen atoms in total. The van der Waals surface area contributed by atoms with E-state index < -0.39 is 12.0 Å². The average Bonchev–Trinajstić information content (AvgIpc) is 3.09. The fourth-order valence-corrected chi connectivity index (χ4v) is 3.10. The van der Waals surface area contributed by atoms with Gasteiger partial charge in [-0.25, -0.2) is 9.18 Å². The van der Waals surface area contributed by atoms with Crippen LogP contribution in [0.5, 0.6) is 0 Å².